The van der Waals surface area contributed by atoms with Crippen molar-refractivity contribution in [3.63, 3.8) is 0 Å². The molecule has 0 fully saturated rings. The van der Waals surface area contributed by atoms with Crippen molar-refractivity contribution in [2.24, 2.45) is 0 Å². The molecule has 180 valence electrons. The summed E-state index contributed by atoms with van der Waals surface area (Å²) in [7, 11) is -10.7. The molecule has 3 aromatic carbocycles. The summed E-state index contributed by atoms with van der Waals surface area (Å²) in [5, 5.41) is 0. The first-order valence-corrected chi connectivity index (χ1v) is 13.0. The van der Waals surface area contributed by atoms with Crippen molar-refractivity contribution in [1.29, 1.82) is 0 Å². The Kier molecular flexibility index (Phi) is 7.92. The zero-order valence-corrected chi connectivity index (χ0v) is 19.6. The molecule has 0 saturated carbocycles. The molecule has 3 rings (SSSR count). The molecule has 0 amide bonds. The fourth-order valence-corrected chi connectivity index (χ4v) is 3.90. The molecular formula is C23H23F6O2PS. The summed E-state index contributed by atoms with van der Waals surface area (Å²) < 4.78 is 64.7. The fourth-order valence-electron chi connectivity index (χ4n) is 2.72. The quantitative estimate of drug-likeness (QED) is 0.0834. The normalized spacial score (nSPS) is 13.2. The van der Waals surface area contributed by atoms with Gasteiger partial charge in [0.25, 0.3) is 0 Å². The van der Waals surface area contributed by atoms with Gasteiger partial charge in [-0.3, -0.25) is 0 Å². The Morgan fingerprint density at radius 1 is 0.758 bits per heavy atom. The van der Waals surface area contributed by atoms with E-state index in [4.69, 9.17) is 4.74 Å². The first-order chi connectivity index (χ1) is 15.1. The maximum atomic E-state index is 12.3. The van der Waals surface area contributed by atoms with Crippen molar-refractivity contribution in [2.45, 2.75) is 25.4 Å². The van der Waals surface area contributed by atoms with Gasteiger partial charge in [0.15, 0.2) is 0 Å². The van der Waals surface area contributed by atoms with Gasteiger partial charge in [0.05, 0.1) is 5.56 Å². The second-order valence-corrected chi connectivity index (χ2v) is 10.3. The van der Waals surface area contributed by atoms with Gasteiger partial charge in [0.2, 0.25) is 0 Å². The molecule has 0 spiro atoms. The zero-order valence-electron chi connectivity index (χ0n) is 17.8. The third-order valence-corrected chi connectivity index (χ3v) is 5.49. The van der Waals surface area contributed by atoms with Crippen molar-refractivity contribution in [3.8, 4) is 5.75 Å². The number of carbonyl (C=O) groups is 1. The van der Waals surface area contributed by atoms with Crippen molar-refractivity contribution < 1.29 is 34.7 Å². The molecular weight excluding hydrogens is 485 g/mol. The van der Waals surface area contributed by atoms with Gasteiger partial charge in [-0.1, -0.05) is 54.6 Å². The van der Waals surface area contributed by atoms with Crippen LogP contribution in [-0.2, 0) is 23.3 Å². The Balaban J connectivity index is 0.000000479. The third kappa shape index (κ3) is 11.8. The van der Waals surface area contributed by atoms with E-state index in [1.807, 2.05) is 49.4 Å². The fraction of sp³-hybridized carbons (Fsp3) is 0.174. The van der Waals surface area contributed by atoms with Crippen LogP contribution in [0.1, 0.15) is 32.6 Å². The number of rotatable bonds is 6. The molecule has 10 heteroatoms. The summed E-state index contributed by atoms with van der Waals surface area (Å²) in [6.45, 7) is 4.07. The Bertz CT molecular complexity index is 1090. The van der Waals surface area contributed by atoms with E-state index in [0.29, 0.717) is 11.3 Å². The van der Waals surface area contributed by atoms with Crippen LogP contribution >= 0.6 is 7.81 Å². The Morgan fingerprint density at radius 2 is 1.27 bits per heavy atom. The minimum atomic E-state index is -10.7. The van der Waals surface area contributed by atoms with Crippen LogP contribution in [0.15, 0.2) is 72.8 Å². The molecule has 0 heterocycles. The molecule has 0 N–H and O–H groups in total. The second kappa shape index (κ2) is 9.77. The van der Waals surface area contributed by atoms with Gasteiger partial charge in [-0.15, -0.1) is 0 Å². The van der Waals surface area contributed by atoms with Crippen LogP contribution in [0.3, 0.4) is 0 Å². The molecule has 0 aliphatic carbocycles. The number of benzene rings is 3. The summed E-state index contributed by atoms with van der Waals surface area (Å²) in [5.74, 6) is 2.31. The van der Waals surface area contributed by atoms with Crippen LogP contribution in [0, 0.1) is 13.8 Å². The average Bonchev–Trinajstić information content (AvgIpc) is 2.69. The molecule has 0 saturated heterocycles. The van der Waals surface area contributed by atoms with Crippen molar-refractivity contribution >= 4 is 25.5 Å². The van der Waals surface area contributed by atoms with Crippen LogP contribution in [0.5, 0.6) is 5.75 Å². The van der Waals surface area contributed by atoms with E-state index in [1.165, 1.54) is 28.5 Å². The molecule has 2 nitrogen and oxygen atoms in total. The predicted molar refractivity (Wildman–Crippen MR) is 123 cm³/mol. The number of esters is 1. The van der Waals surface area contributed by atoms with Crippen LogP contribution in [0.4, 0.5) is 25.2 Å². The van der Waals surface area contributed by atoms with Crippen LogP contribution < -0.4 is 4.74 Å². The van der Waals surface area contributed by atoms with E-state index in [-0.39, 0.29) is 5.97 Å². The average molecular weight is 508 g/mol. The van der Waals surface area contributed by atoms with Gasteiger partial charge in [0, 0.05) is 11.1 Å². The van der Waals surface area contributed by atoms with Gasteiger partial charge >= 0.3 is 39.0 Å². The molecule has 0 atom stereocenters. The summed E-state index contributed by atoms with van der Waals surface area (Å²) in [6, 6.07) is 23.8. The Morgan fingerprint density at radius 3 is 1.82 bits per heavy atom. The number of aryl methyl sites for hydroxylation is 2. The van der Waals surface area contributed by atoms with Gasteiger partial charge in [-0.25, -0.2) is 4.79 Å². The van der Waals surface area contributed by atoms with Crippen molar-refractivity contribution in [1.82, 2.24) is 0 Å². The van der Waals surface area contributed by atoms with Gasteiger partial charge < -0.3 is 4.74 Å². The number of thiol groups is 1. The summed E-state index contributed by atoms with van der Waals surface area (Å²) in [4.78, 5) is 12.3. The zero-order chi connectivity index (χ0) is 24.8. The second-order valence-electron chi connectivity index (χ2n) is 7.27. The van der Waals surface area contributed by atoms with Crippen LogP contribution in [0.2, 0.25) is 0 Å². The van der Waals surface area contributed by atoms with E-state index >= 15 is 0 Å². The molecule has 0 bridgehead atoms. The first kappa shape index (κ1) is 26.7. The van der Waals surface area contributed by atoms with E-state index in [0.717, 1.165) is 17.1 Å². The molecule has 33 heavy (non-hydrogen) atoms. The number of carbonyl (C=O) groups excluding carboxylic acids is 1. The van der Waals surface area contributed by atoms with Crippen LogP contribution in [-0.4, -0.2) is 5.97 Å². The van der Waals surface area contributed by atoms with Crippen LogP contribution in [0.25, 0.3) is 0 Å². The number of hydrogen-bond donors (Lipinski definition) is 0. The summed E-state index contributed by atoms with van der Waals surface area (Å²) in [5.41, 5.74) is 5.52. The van der Waals surface area contributed by atoms with Gasteiger partial charge in [-0.05, 0) is 54.9 Å². The van der Waals surface area contributed by atoms with Gasteiger partial charge in [-0.2, -0.15) is 0 Å². The monoisotopic (exact) mass is 508 g/mol. The van der Waals surface area contributed by atoms with E-state index in [1.54, 1.807) is 6.07 Å². The van der Waals surface area contributed by atoms with E-state index < -0.39 is 7.81 Å². The summed E-state index contributed by atoms with van der Waals surface area (Å²) >= 11 is 1.36. The first-order valence-electron chi connectivity index (χ1n) is 9.69. The summed E-state index contributed by atoms with van der Waals surface area (Å²) in [6.07, 6.45) is 0. The topological polar surface area (TPSA) is 26.3 Å². The minimum absolute atomic E-state index is 0.312. The SMILES string of the molecule is Cc1ccccc1C[SH+]Cc1ccc(OC(=O)c2ccccc2C)cc1.F[P-](F)(F)(F)(F)F. The molecule has 0 aliphatic heterocycles. The predicted octanol–water partition coefficient (Wildman–Crippen LogP) is 8.42. The van der Waals surface area contributed by atoms with E-state index in [2.05, 4.69) is 31.2 Å². The van der Waals surface area contributed by atoms with Gasteiger partial charge in [0.1, 0.15) is 17.3 Å². The van der Waals surface area contributed by atoms with Crippen molar-refractivity contribution in [3.05, 3.63) is 101 Å². The number of halogens is 6. The third-order valence-electron chi connectivity index (χ3n) is 4.34. The number of hydrogen-bond acceptors (Lipinski definition) is 2. The molecule has 3 aromatic rings. The Hall–Kier alpha value is -2.51. The standard InChI is InChI=1S/C23H22O2S.F6P/c1-17-7-3-5-9-20(17)16-26-15-19-11-13-21(14-12-19)25-23(24)22-10-6-4-8-18(22)2;1-7(2,3,4,5)6/h3-14H,15-16H2,1-2H3;/q;-1/p+1. The molecule has 0 aliphatic rings. The molecule has 0 aromatic heterocycles. The number of ether oxygens (including phenoxy) is 1. The molecule has 0 radical (unpaired) electrons. The van der Waals surface area contributed by atoms with E-state index in [9.17, 15) is 30.0 Å². The molecule has 0 unspecified atom stereocenters. The van der Waals surface area contributed by atoms with Crippen molar-refractivity contribution in [2.75, 3.05) is 0 Å². The Labute approximate surface area is 192 Å². The maximum absolute atomic E-state index is 12.3.